The Morgan fingerprint density at radius 1 is 0.544 bits per heavy atom. The van der Waals surface area contributed by atoms with Gasteiger partial charge in [0, 0.05) is 62.6 Å². The van der Waals surface area contributed by atoms with Crippen molar-refractivity contribution in [3.8, 4) is 22.9 Å². The summed E-state index contributed by atoms with van der Waals surface area (Å²) in [4.78, 5) is 7.09. The van der Waals surface area contributed by atoms with Crippen LogP contribution >= 0.6 is 43.5 Å². The predicted molar refractivity (Wildman–Crippen MR) is 315 cm³/mol. The number of pyridine rings is 5. The molecule has 0 atom stereocenters. The number of rotatable bonds is 13. The summed E-state index contributed by atoms with van der Waals surface area (Å²) in [6, 6.07) is 11.2. The van der Waals surface area contributed by atoms with Gasteiger partial charge in [-0.1, -0.05) is 29.7 Å². The summed E-state index contributed by atoms with van der Waals surface area (Å²) in [5.41, 5.74) is 0.173. The monoisotopic (exact) mass is 1450 g/mol. The van der Waals surface area contributed by atoms with E-state index in [9.17, 15) is 61.5 Å². The van der Waals surface area contributed by atoms with Crippen molar-refractivity contribution in [3.05, 3.63) is 118 Å². The molecule has 0 amide bonds. The minimum absolute atomic E-state index is 0. The Balaban J connectivity index is 0.000000596. The fourth-order valence-corrected chi connectivity index (χ4v) is 7.53. The fourth-order valence-electron chi connectivity index (χ4n) is 6.72. The van der Waals surface area contributed by atoms with E-state index in [0.29, 0.717) is 20.2 Å². The van der Waals surface area contributed by atoms with Crippen LogP contribution in [-0.2, 0) is 36.4 Å². The molecule has 90 heavy (non-hydrogen) atoms. The number of ether oxygens (including phenoxy) is 4. The molecule has 0 aromatic carbocycles. The molecule has 0 saturated carbocycles. The van der Waals surface area contributed by atoms with Gasteiger partial charge < -0.3 is 33.4 Å². The molecule has 1 fully saturated rings. The van der Waals surface area contributed by atoms with Crippen LogP contribution in [0.5, 0.6) is 11.8 Å². The van der Waals surface area contributed by atoms with E-state index in [1.165, 1.54) is 69.0 Å². The van der Waals surface area contributed by atoms with Crippen molar-refractivity contribution in [2.45, 2.75) is 158 Å². The third-order valence-electron chi connectivity index (χ3n) is 10.9. The third kappa shape index (κ3) is 22.9. The molecule has 9 heterocycles. The summed E-state index contributed by atoms with van der Waals surface area (Å²) in [7, 11) is -0.844. The molecule has 18 nitrogen and oxygen atoms in total. The average molecular weight is 1450 g/mol. The maximum Gasteiger partial charge on any atom is 0.496 e. The van der Waals surface area contributed by atoms with Crippen LogP contribution in [0.3, 0.4) is 0 Å². The molecule has 0 aliphatic carbocycles. The van der Waals surface area contributed by atoms with Crippen molar-refractivity contribution >= 4 is 73.0 Å². The Kier molecular flexibility index (Phi) is 29.5. The molecule has 0 bridgehead atoms. The van der Waals surface area contributed by atoms with E-state index in [0.717, 1.165) is 27.1 Å². The maximum absolute atomic E-state index is 14.3. The fraction of sp³-hybridized carbons (Fsp3) is 0.481. The molecule has 36 heteroatoms. The molecule has 1 aliphatic heterocycles. The van der Waals surface area contributed by atoms with Gasteiger partial charge in [0.05, 0.1) is 23.4 Å². The van der Waals surface area contributed by atoms with Crippen LogP contribution in [0.25, 0.3) is 28.1 Å². The van der Waals surface area contributed by atoms with Gasteiger partial charge in [0.15, 0.2) is 41.8 Å². The maximum atomic E-state index is 14.3. The lowest BCUT2D eigenvalue weighted by Crippen LogP contribution is -2.41. The molecule has 8 aromatic heterocycles. The normalized spacial score (nSPS) is 13.7. The number of halogens is 17. The van der Waals surface area contributed by atoms with E-state index in [1.54, 1.807) is 38.1 Å². The lowest BCUT2D eigenvalue weighted by atomic mass is 9.80. The summed E-state index contributed by atoms with van der Waals surface area (Å²) in [5.74, 6) is -5.56. The Bertz CT molecular complexity index is 3540. The number of alkyl halides is 13. The zero-order valence-corrected chi connectivity index (χ0v) is 50.4. The van der Waals surface area contributed by atoms with Gasteiger partial charge in [-0.25, -0.2) is 18.7 Å². The number of hydrogen-bond acceptors (Lipinski definition) is 15. The quantitative estimate of drug-likeness (QED) is 0.0651. The summed E-state index contributed by atoms with van der Waals surface area (Å²) in [5, 5.41) is 25.7. The molecule has 0 radical (unpaired) electrons. The van der Waals surface area contributed by atoms with Crippen molar-refractivity contribution in [2.24, 2.45) is 0 Å². The van der Waals surface area contributed by atoms with E-state index in [2.05, 4.69) is 91.4 Å². The highest BCUT2D eigenvalue weighted by molar-refractivity contribution is 9.10. The molecule has 0 unspecified atom stereocenters. The largest absolute Gasteiger partial charge is 0.496 e. The number of aromatic nitrogens is 11. The lowest BCUT2D eigenvalue weighted by Gasteiger charge is -2.32. The van der Waals surface area contributed by atoms with Crippen LogP contribution < -0.4 is 14.9 Å². The topological polar surface area (TPSA) is 192 Å². The van der Waals surface area contributed by atoms with E-state index in [4.69, 9.17) is 26.0 Å². The van der Waals surface area contributed by atoms with Gasteiger partial charge in [0.25, 0.3) is 11.8 Å². The molecule has 8 aromatic rings. The minimum atomic E-state index is -4.65. The van der Waals surface area contributed by atoms with Crippen LogP contribution in [0.2, 0.25) is 0 Å². The van der Waals surface area contributed by atoms with E-state index >= 15 is 0 Å². The van der Waals surface area contributed by atoms with Gasteiger partial charge in [-0.05, 0) is 161 Å². The second kappa shape index (κ2) is 32.4. The lowest BCUT2D eigenvalue weighted by molar-refractivity contribution is -0.272. The number of aliphatic hydroxyl groups is 1. The molecule has 0 spiro atoms. The molecule has 9 rings (SSSR count). The first kappa shape index (κ1) is 81.9. The average Bonchev–Trinajstić information content (AvgIpc) is 1.63. The van der Waals surface area contributed by atoms with Gasteiger partial charge in [0.1, 0.15) is 0 Å². The summed E-state index contributed by atoms with van der Waals surface area (Å²) in [6.45, 7) is 13.4. The molecule has 1 saturated heterocycles. The Morgan fingerprint density at radius 3 is 1.27 bits per heavy atom. The first-order valence-corrected chi connectivity index (χ1v) is 26.7. The number of hydrogen-bond donors (Lipinski definition) is 1. The molecule has 502 valence electrons. The Labute approximate surface area is 531 Å². The molecule has 1 N–H and O–H groups in total. The Hall–Kier alpha value is -6.11. The molecule has 1 aliphatic rings. The van der Waals surface area contributed by atoms with Gasteiger partial charge in [-0.15, -0.1) is 30.6 Å². The second-order valence-electron chi connectivity index (χ2n) is 19.8. The van der Waals surface area contributed by atoms with Crippen molar-refractivity contribution in [1.29, 1.82) is 0 Å². The highest BCUT2D eigenvalue weighted by Gasteiger charge is 2.52. The SMILES string of the molecule is C.C.C.C.CC(C)O.CC(C)OC(F)(F)c1nnc2ccc(-c3cnc(OCC(F)(F)F)c(F)c3)cn12.CC(C)OC(F)(F)c1nnc2ccc(Br)cn12.CC1(C)OB(c2cnc(OCC(F)(F)F)c(F)c2)OC1(C)C.FC(F)(Cl)c1nnc2ccc(Br)cn12. The van der Waals surface area contributed by atoms with E-state index in [-0.39, 0.29) is 58.0 Å². The van der Waals surface area contributed by atoms with E-state index in [1.807, 2.05) is 27.7 Å². The van der Waals surface area contributed by atoms with Crippen molar-refractivity contribution in [1.82, 2.24) is 53.8 Å². The van der Waals surface area contributed by atoms with Gasteiger partial charge in [0.2, 0.25) is 17.5 Å². The van der Waals surface area contributed by atoms with Gasteiger partial charge in [-0.2, -0.15) is 52.7 Å². The standard InChI is InChI=1S/C17H14F6N4O2.C13H16BF4NO3.C10H10BrF2N3O.C7H3BrClF2N3.C3H8O.4CH4/c1-9(2)29-17(22,23)15-26-25-13-4-3-10(7-27(13)15)11-5-12(18)14(24-6-11)28-8-16(19,20)21;1-11(2)12(3,4)22-14(21-11)8-5-9(15)10(19-6-8)20-7-13(16,17)18;1-6(2)17-10(12,13)9-15-14-8-4-3-7(11)5-16(8)9;8-4-1-2-5-12-13-6(7(9,10)11)14(5)3-4;1-3(2)4;;;;/h3-7,9H,8H2,1-2H3;5-6H,7H2,1-4H3;3-6H,1-2H3;1-3H;3-4H,1-2H3;4*1H4. The van der Waals surface area contributed by atoms with Crippen molar-refractivity contribution in [3.63, 3.8) is 0 Å². The molecular formula is C54H67BBr2ClF14N11O7. The highest BCUT2D eigenvalue weighted by atomic mass is 79.9. The van der Waals surface area contributed by atoms with Crippen LogP contribution in [0.15, 0.2) is 88.5 Å². The van der Waals surface area contributed by atoms with Crippen molar-refractivity contribution in [2.75, 3.05) is 13.2 Å². The van der Waals surface area contributed by atoms with Crippen LogP contribution in [-0.4, -0.2) is 121 Å². The van der Waals surface area contributed by atoms with Crippen molar-refractivity contribution < 1.29 is 94.8 Å². The third-order valence-corrected chi connectivity index (χ3v) is 12.0. The van der Waals surface area contributed by atoms with Crippen LogP contribution in [0.1, 0.15) is 116 Å². The first-order valence-electron chi connectivity index (χ1n) is 24.8. The van der Waals surface area contributed by atoms with Gasteiger partial charge >= 0.3 is 37.1 Å². The second-order valence-corrected chi connectivity index (χ2v) is 22.1. The van der Waals surface area contributed by atoms with E-state index < -0.39 is 115 Å². The predicted octanol–water partition coefficient (Wildman–Crippen LogP) is 15.5. The summed E-state index contributed by atoms with van der Waals surface area (Å²) in [6.07, 6.45) is -11.6. The minimum Gasteiger partial charge on any atom is -0.466 e. The van der Waals surface area contributed by atoms with Crippen LogP contribution in [0, 0.1) is 11.6 Å². The highest BCUT2D eigenvalue weighted by Crippen LogP contribution is 2.38. The molecular weight excluding hydrogens is 1390 g/mol. The summed E-state index contributed by atoms with van der Waals surface area (Å²) >= 11 is 11.2. The zero-order chi connectivity index (χ0) is 64.7. The zero-order valence-electron chi connectivity index (χ0n) is 46.5. The number of nitrogens with zero attached hydrogens (tertiary/aromatic N) is 11. The Morgan fingerprint density at radius 2 is 0.900 bits per heavy atom. The first-order chi connectivity index (χ1) is 39.5. The summed E-state index contributed by atoms with van der Waals surface area (Å²) < 4.78 is 216. The smallest absolute Gasteiger partial charge is 0.466 e. The number of aliphatic hydroxyl groups excluding tert-OH is 1. The van der Waals surface area contributed by atoms with Crippen LogP contribution in [0.4, 0.5) is 61.5 Å². The number of fused-ring (bicyclic) bond motifs is 3. The van der Waals surface area contributed by atoms with Gasteiger partial charge in [-0.3, -0.25) is 13.2 Å².